The summed E-state index contributed by atoms with van der Waals surface area (Å²) in [7, 11) is 0. The van der Waals surface area contributed by atoms with Crippen LogP contribution in [0.2, 0.25) is 5.02 Å². The fraction of sp³-hybridized carbons (Fsp3) is 0.240. The fourth-order valence-corrected chi connectivity index (χ4v) is 4.25. The van der Waals surface area contributed by atoms with Crippen molar-refractivity contribution in [1.82, 2.24) is 9.80 Å². The van der Waals surface area contributed by atoms with Gasteiger partial charge in [0.1, 0.15) is 12.4 Å². The molecule has 4 rings (SSSR count). The van der Waals surface area contributed by atoms with E-state index in [2.05, 4.69) is 26.9 Å². The predicted octanol–water partition coefficient (Wildman–Crippen LogP) is 5.64. The smallest absolute Gasteiger partial charge is 0.253 e. The van der Waals surface area contributed by atoms with Crippen molar-refractivity contribution in [1.29, 1.82) is 0 Å². The molecule has 3 aromatic carbocycles. The summed E-state index contributed by atoms with van der Waals surface area (Å²) in [4.78, 5) is 17.3. The largest absolute Gasteiger partial charge is 0.489 e. The highest BCUT2D eigenvalue weighted by Crippen LogP contribution is 2.20. The molecule has 1 heterocycles. The van der Waals surface area contributed by atoms with Crippen LogP contribution in [-0.4, -0.2) is 41.9 Å². The zero-order valence-electron chi connectivity index (χ0n) is 17.1. The number of hydrogen-bond acceptors (Lipinski definition) is 3. The molecule has 6 heteroatoms. The van der Waals surface area contributed by atoms with Crippen molar-refractivity contribution in [3.05, 3.63) is 99.0 Å². The molecular formula is C25H24BrClN2O2. The number of halogens is 2. The van der Waals surface area contributed by atoms with E-state index in [1.165, 1.54) is 0 Å². The van der Waals surface area contributed by atoms with E-state index in [0.29, 0.717) is 25.3 Å². The summed E-state index contributed by atoms with van der Waals surface area (Å²) in [6, 6.07) is 23.4. The summed E-state index contributed by atoms with van der Waals surface area (Å²) in [6.45, 7) is 4.32. The van der Waals surface area contributed by atoms with Gasteiger partial charge in [-0.1, -0.05) is 63.9 Å². The third-order valence-corrected chi connectivity index (χ3v) is 6.25. The molecule has 0 N–H and O–H groups in total. The molecule has 3 aromatic rings. The average Bonchev–Trinajstić information content (AvgIpc) is 2.79. The molecule has 0 atom stereocenters. The molecule has 1 amide bonds. The summed E-state index contributed by atoms with van der Waals surface area (Å²) in [5.74, 6) is 0.863. The molecule has 1 aliphatic heterocycles. The van der Waals surface area contributed by atoms with Gasteiger partial charge in [-0.3, -0.25) is 9.69 Å². The summed E-state index contributed by atoms with van der Waals surface area (Å²) in [5, 5.41) is 0.794. The molecule has 31 heavy (non-hydrogen) atoms. The summed E-state index contributed by atoms with van der Waals surface area (Å²) < 4.78 is 6.84. The minimum Gasteiger partial charge on any atom is -0.489 e. The molecule has 0 aliphatic carbocycles. The minimum absolute atomic E-state index is 0.0710. The first-order chi connectivity index (χ1) is 15.1. The highest BCUT2D eigenvalue weighted by atomic mass is 79.9. The fourth-order valence-electron chi connectivity index (χ4n) is 3.68. The van der Waals surface area contributed by atoms with Crippen LogP contribution in [0.3, 0.4) is 0 Å². The van der Waals surface area contributed by atoms with Crippen LogP contribution < -0.4 is 4.74 Å². The van der Waals surface area contributed by atoms with Gasteiger partial charge < -0.3 is 9.64 Å². The van der Waals surface area contributed by atoms with Crippen molar-refractivity contribution in [3.8, 4) is 5.75 Å². The van der Waals surface area contributed by atoms with Gasteiger partial charge in [0.2, 0.25) is 0 Å². The van der Waals surface area contributed by atoms with Gasteiger partial charge in [-0.2, -0.15) is 0 Å². The normalized spacial score (nSPS) is 14.5. The molecular weight excluding hydrogens is 476 g/mol. The van der Waals surface area contributed by atoms with Crippen LogP contribution in [0, 0.1) is 0 Å². The zero-order valence-corrected chi connectivity index (χ0v) is 19.5. The van der Waals surface area contributed by atoms with Crippen LogP contribution >= 0.6 is 27.5 Å². The quantitative estimate of drug-likeness (QED) is 0.440. The molecule has 0 bridgehead atoms. The maximum atomic E-state index is 13.0. The number of piperazine rings is 1. The second-order valence-corrected chi connectivity index (χ2v) is 8.93. The number of hydrogen-bond donors (Lipinski definition) is 0. The molecule has 0 aromatic heterocycles. The summed E-state index contributed by atoms with van der Waals surface area (Å²) in [5.41, 5.74) is 2.81. The van der Waals surface area contributed by atoms with Gasteiger partial charge in [0, 0.05) is 47.8 Å². The van der Waals surface area contributed by atoms with E-state index in [0.717, 1.165) is 46.0 Å². The number of carbonyl (C=O) groups excluding carboxylic acids is 1. The Morgan fingerprint density at radius 3 is 2.48 bits per heavy atom. The van der Waals surface area contributed by atoms with Crippen molar-refractivity contribution < 1.29 is 9.53 Å². The Labute approximate surface area is 196 Å². The first kappa shape index (κ1) is 21.9. The van der Waals surface area contributed by atoms with E-state index >= 15 is 0 Å². The van der Waals surface area contributed by atoms with Crippen LogP contribution in [0.15, 0.2) is 77.3 Å². The molecule has 0 radical (unpaired) electrons. The lowest BCUT2D eigenvalue weighted by Crippen LogP contribution is -2.48. The van der Waals surface area contributed by atoms with E-state index < -0.39 is 0 Å². The lowest BCUT2D eigenvalue weighted by Gasteiger charge is -2.35. The van der Waals surface area contributed by atoms with Gasteiger partial charge in [-0.15, -0.1) is 0 Å². The van der Waals surface area contributed by atoms with Crippen molar-refractivity contribution >= 4 is 33.4 Å². The SMILES string of the molecule is O=C(c1cccc(COc2cccc(Br)c2)c1)N1CCN(Cc2ccccc2Cl)CC1. The third kappa shape index (κ3) is 5.88. The number of ether oxygens (including phenoxy) is 1. The molecule has 4 nitrogen and oxygen atoms in total. The van der Waals surface area contributed by atoms with E-state index in [1.807, 2.05) is 71.6 Å². The molecule has 1 saturated heterocycles. The lowest BCUT2D eigenvalue weighted by atomic mass is 10.1. The number of amides is 1. The Bertz CT molecular complexity index is 1050. The third-order valence-electron chi connectivity index (χ3n) is 5.39. The molecule has 0 unspecified atom stereocenters. The first-order valence-corrected chi connectivity index (χ1v) is 11.5. The van der Waals surface area contributed by atoms with E-state index in [9.17, 15) is 4.79 Å². The Morgan fingerprint density at radius 1 is 0.935 bits per heavy atom. The average molecular weight is 500 g/mol. The molecule has 160 valence electrons. The maximum Gasteiger partial charge on any atom is 0.253 e. The number of rotatable bonds is 6. The van der Waals surface area contributed by atoms with E-state index in [-0.39, 0.29) is 5.91 Å². The highest BCUT2D eigenvalue weighted by molar-refractivity contribution is 9.10. The topological polar surface area (TPSA) is 32.8 Å². The van der Waals surface area contributed by atoms with Crippen LogP contribution in [0.25, 0.3) is 0 Å². The first-order valence-electron chi connectivity index (χ1n) is 10.3. The second kappa shape index (κ2) is 10.3. The van der Waals surface area contributed by atoms with Gasteiger partial charge in [0.05, 0.1) is 0 Å². The lowest BCUT2D eigenvalue weighted by molar-refractivity contribution is 0.0628. The standard InChI is InChI=1S/C25H24BrClN2O2/c26-22-8-4-9-23(16-22)31-18-19-5-3-7-20(15-19)25(30)29-13-11-28(12-14-29)17-21-6-1-2-10-24(21)27/h1-10,15-16H,11-14,17-18H2. The van der Waals surface area contributed by atoms with Crippen molar-refractivity contribution in [2.75, 3.05) is 26.2 Å². The van der Waals surface area contributed by atoms with E-state index in [4.69, 9.17) is 16.3 Å². The van der Waals surface area contributed by atoms with Gasteiger partial charge in [-0.25, -0.2) is 0 Å². The van der Waals surface area contributed by atoms with Gasteiger partial charge >= 0.3 is 0 Å². The number of benzene rings is 3. The number of carbonyl (C=O) groups is 1. The minimum atomic E-state index is 0.0710. The van der Waals surface area contributed by atoms with Crippen LogP contribution in [0.5, 0.6) is 5.75 Å². The number of nitrogens with zero attached hydrogens (tertiary/aromatic N) is 2. The van der Waals surface area contributed by atoms with Crippen LogP contribution in [0.4, 0.5) is 0 Å². The predicted molar refractivity (Wildman–Crippen MR) is 128 cm³/mol. The Hall–Kier alpha value is -2.34. The van der Waals surface area contributed by atoms with Crippen molar-refractivity contribution in [3.63, 3.8) is 0 Å². The van der Waals surface area contributed by atoms with Gasteiger partial charge in [0.25, 0.3) is 5.91 Å². The van der Waals surface area contributed by atoms with Gasteiger partial charge in [-0.05, 0) is 47.5 Å². The molecule has 0 spiro atoms. The van der Waals surface area contributed by atoms with Crippen LogP contribution in [-0.2, 0) is 13.2 Å². The van der Waals surface area contributed by atoms with Crippen molar-refractivity contribution in [2.45, 2.75) is 13.2 Å². The van der Waals surface area contributed by atoms with E-state index in [1.54, 1.807) is 0 Å². The summed E-state index contributed by atoms with van der Waals surface area (Å²) >= 11 is 9.74. The maximum absolute atomic E-state index is 13.0. The van der Waals surface area contributed by atoms with Gasteiger partial charge in [0.15, 0.2) is 0 Å². The van der Waals surface area contributed by atoms with Crippen LogP contribution in [0.1, 0.15) is 21.5 Å². The molecule has 1 fully saturated rings. The summed E-state index contributed by atoms with van der Waals surface area (Å²) in [6.07, 6.45) is 0. The monoisotopic (exact) mass is 498 g/mol. The molecule has 1 aliphatic rings. The van der Waals surface area contributed by atoms with Crippen molar-refractivity contribution in [2.24, 2.45) is 0 Å². The Kier molecular flexibility index (Phi) is 7.28. The Morgan fingerprint density at radius 2 is 1.71 bits per heavy atom. The Balaban J connectivity index is 1.32. The highest BCUT2D eigenvalue weighted by Gasteiger charge is 2.22. The second-order valence-electron chi connectivity index (χ2n) is 7.61. The zero-order chi connectivity index (χ0) is 21.6. The molecule has 0 saturated carbocycles.